The van der Waals surface area contributed by atoms with Crippen LogP contribution in [-0.4, -0.2) is 18.3 Å². The van der Waals surface area contributed by atoms with Crippen molar-refractivity contribution in [3.05, 3.63) is 54.1 Å². The van der Waals surface area contributed by atoms with Gasteiger partial charge < -0.3 is 9.84 Å². The first-order valence-electron chi connectivity index (χ1n) is 6.05. The average Bonchev–Trinajstić information content (AvgIpc) is 2.39. The SMILES string of the molecule is OCCc1ccccc1OCC1C=CC=CC1. The van der Waals surface area contributed by atoms with Gasteiger partial charge in [-0.3, -0.25) is 0 Å². The summed E-state index contributed by atoms with van der Waals surface area (Å²) in [7, 11) is 0. The summed E-state index contributed by atoms with van der Waals surface area (Å²) in [6.07, 6.45) is 10.2. The summed E-state index contributed by atoms with van der Waals surface area (Å²) in [5, 5.41) is 8.99. The van der Waals surface area contributed by atoms with E-state index < -0.39 is 0 Å². The zero-order chi connectivity index (χ0) is 11.9. The number of rotatable bonds is 5. The van der Waals surface area contributed by atoms with Gasteiger partial charge in [0, 0.05) is 12.5 Å². The predicted molar refractivity (Wildman–Crippen MR) is 69.1 cm³/mol. The third-order valence-electron chi connectivity index (χ3n) is 2.88. The molecule has 1 N–H and O–H groups in total. The Hall–Kier alpha value is -1.54. The number of allylic oxidation sites excluding steroid dienone is 3. The highest BCUT2D eigenvalue weighted by Crippen LogP contribution is 2.20. The molecule has 1 unspecified atom stereocenters. The smallest absolute Gasteiger partial charge is 0.122 e. The van der Waals surface area contributed by atoms with Gasteiger partial charge in [-0.15, -0.1) is 0 Å². The Bertz CT molecular complexity index is 407. The molecule has 0 aliphatic heterocycles. The zero-order valence-electron chi connectivity index (χ0n) is 9.88. The van der Waals surface area contributed by atoms with Crippen molar-refractivity contribution in [1.82, 2.24) is 0 Å². The quantitative estimate of drug-likeness (QED) is 0.842. The van der Waals surface area contributed by atoms with E-state index in [4.69, 9.17) is 9.84 Å². The number of aliphatic hydroxyl groups is 1. The Morgan fingerprint density at radius 3 is 2.88 bits per heavy atom. The van der Waals surface area contributed by atoms with Crippen LogP contribution >= 0.6 is 0 Å². The number of hydrogen-bond acceptors (Lipinski definition) is 2. The summed E-state index contributed by atoms with van der Waals surface area (Å²) in [4.78, 5) is 0. The monoisotopic (exact) mass is 230 g/mol. The van der Waals surface area contributed by atoms with Crippen LogP contribution in [-0.2, 0) is 6.42 Å². The minimum Gasteiger partial charge on any atom is -0.493 e. The van der Waals surface area contributed by atoms with Gasteiger partial charge in [0.15, 0.2) is 0 Å². The van der Waals surface area contributed by atoms with Crippen molar-refractivity contribution in [2.24, 2.45) is 5.92 Å². The number of para-hydroxylation sites is 1. The minimum atomic E-state index is 0.159. The standard InChI is InChI=1S/C15H18O2/c16-11-10-14-8-4-5-9-15(14)17-12-13-6-2-1-3-7-13/h1-6,8-9,13,16H,7,10-12H2. The maximum absolute atomic E-state index is 8.99. The fourth-order valence-corrected chi connectivity index (χ4v) is 1.92. The molecule has 2 heteroatoms. The Labute approximate surface area is 102 Å². The lowest BCUT2D eigenvalue weighted by Gasteiger charge is -2.16. The molecule has 0 heterocycles. The summed E-state index contributed by atoms with van der Waals surface area (Å²) in [5.41, 5.74) is 1.07. The van der Waals surface area contributed by atoms with Gasteiger partial charge >= 0.3 is 0 Å². The van der Waals surface area contributed by atoms with Gasteiger partial charge in [0.25, 0.3) is 0 Å². The first kappa shape index (κ1) is 11.9. The van der Waals surface area contributed by atoms with Crippen LogP contribution in [0.5, 0.6) is 5.75 Å². The van der Waals surface area contributed by atoms with Crippen molar-refractivity contribution in [2.75, 3.05) is 13.2 Å². The number of hydrogen-bond donors (Lipinski definition) is 1. The van der Waals surface area contributed by atoms with Crippen LogP contribution in [0.2, 0.25) is 0 Å². The maximum atomic E-state index is 8.99. The molecule has 1 aliphatic carbocycles. The molecule has 2 rings (SSSR count). The molecular formula is C15H18O2. The van der Waals surface area contributed by atoms with Crippen LogP contribution < -0.4 is 4.74 Å². The second-order valence-corrected chi connectivity index (χ2v) is 4.20. The Balaban J connectivity index is 1.93. The topological polar surface area (TPSA) is 29.5 Å². The van der Waals surface area contributed by atoms with Crippen LogP contribution in [0.1, 0.15) is 12.0 Å². The molecule has 0 saturated heterocycles. The molecule has 1 aliphatic rings. The van der Waals surface area contributed by atoms with E-state index in [-0.39, 0.29) is 6.61 Å². The van der Waals surface area contributed by atoms with Crippen molar-refractivity contribution >= 4 is 0 Å². The second-order valence-electron chi connectivity index (χ2n) is 4.20. The van der Waals surface area contributed by atoms with E-state index in [0.29, 0.717) is 18.9 Å². The lowest BCUT2D eigenvalue weighted by atomic mass is 10.0. The highest BCUT2D eigenvalue weighted by atomic mass is 16.5. The molecule has 0 bridgehead atoms. The van der Waals surface area contributed by atoms with Crippen molar-refractivity contribution in [2.45, 2.75) is 12.8 Å². The van der Waals surface area contributed by atoms with Gasteiger partial charge in [0.2, 0.25) is 0 Å². The summed E-state index contributed by atoms with van der Waals surface area (Å²) >= 11 is 0. The van der Waals surface area contributed by atoms with Crippen molar-refractivity contribution < 1.29 is 9.84 Å². The van der Waals surface area contributed by atoms with E-state index >= 15 is 0 Å². The van der Waals surface area contributed by atoms with Crippen molar-refractivity contribution in [3.8, 4) is 5.75 Å². The fraction of sp³-hybridized carbons (Fsp3) is 0.333. The average molecular weight is 230 g/mol. The van der Waals surface area contributed by atoms with Crippen molar-refractivity contribution in [1.29, 1.82) is 0 Å². The van der Waals surface area contributed by atoms with Gasteiger partial charge in [0.1, 0.15) is 5.75 Å². The van der Waals surface area contributed by atoms with Crippen LogP contribution in [0.15, 0.2) is 48.6 Å². The second kappa shape index (κ2) is 6.26. The highest BCUT2D eigenvalue weighted by molar-refractivity contribution is 5.33. The van der Waals surface area contributed by atoms with E-state index in [1.54, 1.807) is 0 Å². The molecule has 0 radical (unpaired) electrons. The Morgan fingerprint density at radius 1 is 1.24 bits per heavy atom. The third-order valence-corrected chi connectivity index (χ3v) is 2.88. The fourth-order valence-electron chi connectivity index (χ4n) is 1.92. The van der Waals surface area contributed by atoms with Gasteiger partial charge in [-0.2, -0.15) is 0 Å². The van der Waals surface area contributed by atoms with E-state index in [0.717, 1.165) is 17.7 Å². The molecule has 0 saturated carbocycles. The van der Waals surface area contributed by atoms with Crippen LogP contribution in [0.3, 0.4) is 0 Å². The maximum Gasteiger partial charge on any atom is 0.122 e. The number of aliphatic hydroxyl groups excluding tert-OH is 1. The zero-order valence-corrected chi connectivity index (χ0v) is 9.88. The predicted octanol–water partition coefficient (Wildman–Crippen LogP) is 2.73. The molecule has 1 aromatic rings. The molecule has 2 nitrogen and oxygen atoms in total. The highest BCUT2D eigenvalue weighted by Gasteiger charge is 2.08. The van der Waals surface area contributed by atoms with Gasteiger partial charge in [0.05, 0.1) is 6.61 Å². The molecular weight excluding hydrogens is 212 g/mol. The Kier molecular flexibility index (Phi) is 4.39. The normalized spacial score (nSPS) is 18.3. The summed E-state index contributed by atoms with van der Waals surface area (Å²) in [6, 6.07) is 7.91. The summed E-state index contributed by atoms with van der Waals surface area (Å²) in [5.74, 6) is 1.35. The number of ether oxygens (including phenoxy) is 1. The van der Waals surface area contributed by atoms with Crippen LogP contribution in [0.25, 0.3) is 0 Å². The van der Waals surface area contributed by atoms with E-state index in [9.17, 15) is 0 Å². The third kappa shape index (κ3) is 3.46. The first-order valence-corrected chi connectivity index (χ1v) is 6.05. The van der Waals surface area contributed by atoms with Crippen LogP contribution in [0.4, 0.5) is 0 Å². The Morgan fingerprint density at radius 2 is 2.12 bits per heavy atom. The first-order chi connectivity index (χ1) is 8.40. The van der Waals surface area contributed by atoms with Crippen molar-refractivity contribution in [3.63, 3.8) is 0 Å². The molecule has 1 aromatic carbocycles. The molecule has 1 atom stereocenters. The number of benzene rings is 1. The lowest BCUT2D eigenvalue weighted by Crippen LogP contribution is -2.11. The van der Waals surface area contributed by atoms with Gasteiger partial charge in [-0.1, -0.05) is 42.5 Å². The molecule has 0 amide bonds. The minimum absolute atomic E-state index is 0.159. The molecule has 0 fully saturated rings. The van der Waals surface area contributed by atoms with Gasteiger partial charge in [-0.05, 0) is 24.5 Å². The molecule has 90 valence electrons. The summed E-state index contributed by atoms with van der Waals surface area (Å²) < 4.78 is 5.83. The van der Waals surface area contributed by atoms with E-state index in [2.05, 4.69) is 24.3 Å². The van der Waals surface area contributed by atoms with Crippen LogP contribution in [0, 0.1) is 5.92 Å². The van der Waals surface area contributed by atoms with E-state index in [1.165, 1.54) is 0 Å². The van der Waals surface area contributed by atoms with Gasteiger partial charge in [-0.25, -0.2) is 0 Å². The summed E-state index contributed by atoms with van der Waals surface area (Å²) in [6.45, 7) is 0.857. The lowest BCUT2D eigenvalue weighted by molar-refractivity contribution is 0.266. The molecule has 0 aromatic heterocycles. The molecule has 0 spiro atoms. The van der Waals surface area contributed by atoms with E-state index in [1.807, 2.05) is 24.3 Å². The molecule has 17 heavy (non-hydrogen) atoms. The largest absolute Gasteiger partial charge is 0.493 e.